The highest BCUT2D eigenvalue weighted by atomic mass is 32.2. The van der Waals surface area contributed by atoms with Gasteiger partial charge in [-0.25, -0.2) is 9.97 Å². The first-order chi connectivity index (χ1) is 6.67. The highest BCUT2D eigenvalue weighted by molar-refractivity contribution is 7.99. The zero-order chi connectivity index (χ0) is 10.6. The molecule has 3 N–H and O–H groups in total. The fourth-order valence-electron chi connectivity index (χ4n) is 0.945. The van der Waals surface area contributed by atoms with Crippen LogP contribution in [0.25, 0.3) is 0 Å². The molecule has 0 fully saturated rings. The lowest BCUT2D eigenvalue weighted by Crippen LogP contribution is -2.16. The van der Waals surface area contributed by atoms with Gasteiger partial charge in [0.1, 0.15) is 16.5 Å². The van der Waals surface area contributed by atoms with Crippen LogP contribution >= 0.6 is 11.8 Å². The molecule has 1 aromatic rings. The predicted octanol–water partition coefficient (Wildman–Crippen LogP) is 0.992. The van der Waals surface area contributed by atoms with Gasteiger partial charge in [-0.1, -0.05) is 12.1 Å². The summed E-state index contributed by atoms with van der Waals surface area (Å²) < 4.78 is 0. The van der Waals surface area contributed by atoms with E-state index in [9.17, 15) is 0 Å². The molecule has 1 rings (SSSR count). The molecule has 5 nitrogen and oxygen atoms in total. The average molecular weight is 212 g/mol. The van der Waals surface area contributed by atoms with Crippen LogP contribution in [0.5, 0.6) is 0 Å². The Kier molecular flexibility index (Phi) is 3.70. The number of amidine groups is 1. The van der Waals surface area contributed by atoms with Crippen molar-refractivity contribution in [3.8, 4) is 0 Å². The van der Waals surface area contributed by atoms with Crippen LogP contribution in [0, 0.1) is 6.92 Å². The molecule has 0 aliphatic carbocycles. The number of aromatic nitrogens is 2. The van der Waals surface area contributed by atoms with Crippen molar-refractivity contribution >= 4 is 17.6 Å². The van der Waals surface area contributed by atoms with Gasteiger partial charge in [-0.05, 0) is 12.7 Å². The molecule has 0 atom stereocenters. The Morgan fingerprint density at radius 2 is 2.36 bits per heavy atom. The van der Waals surface area contributed by atoms with Crippen molar-refractivity contribution < 1.29 is 5.21 Å². The second-order valence-corrected chi connectivity index (χ2v) is 3.84. The smallest absolute Gasteiger partial charge is 0.188 e. The Balaban J connectivity index is 3.07. The molecule has 0 saturated carbocycles. The molecule has 0 saturated heterocycles. The maximum atomic E-state index is 8.50. The molecule has 14 heavy (non-hydrogen) atoms. The van der Waals surface area contributed by atoms with E-state index in [1.165, 1.54) is 0 Å². The maximum Gasteiger partial charge on any atom is 0.188 e. The van der Waals surface area contributed by atoms with Gasteiger partial charge in [0.2, 0.25) is 0 Å². The molecule has 0 spiro atoms. The summed E-state index contributed by atoms with van der Waals surface area (Å²) in [5.41, 5.74) is 5.88. The van der Waals surface area contributed by atoms with Crippen molar-refractivity contribution in [2.24, 2.45) is 10.9 Å². The third kappa shape index (κ3) is 2.59. The van der Waals surface area contributed by atoms with Crippen LogP contribution in [0.1, 0.15) is 18.4 Å². The van der Waals surface area contributed by atoms with Gasteiger partial charge < -0.3 is 10.9 Å². The van der Waals surface area contributed by atoms with Crippen LogP contribution in [0.3, 0.4) is 0 Å². The van der Waals surface area contributed by atoms with E-state index in [2.05, 4.69) is 15.1 Å². The van der Waals surface area contributed by atoms with E-state index in [-0.39, 0.29) is 5.84 Å². The number of hydrogen-bond acceptors (Lipinski definition) is 5. The van der Waals surface area contributed by atoms with Crippen molar-refractivity contribution in [3.05, 3.63) is 17.6 Å². The fraction of sp³-hybridized carbons (Fsp3) is 0.375. The molecule has 1 aromatic heterocycles. The van der Waals surface area contributed by atoms with E-state index >= 15 is 0 Å². The molecule has 0 unspecified atom stereocenters. The molecule has 0 radical (unpaired) electrons. The summed E-state index contributed by atoms with van der Waals surface area (Å²) in [5.74, 6) is 1.55. The van der Waals surface area contributed by atoms with Gasteiger partial charge in [0.05, 0.1) is 0 Å². The third-order valence-corrected chi connectivity index (χ3v) is 2.27. The summed E-state index contributed by atoms with van der Waals surface area (Å²) >= 11 is 1.59. The maximum absolute atomic E-state index is 8.50. The van der Waals surface area contributed by atoms with E-state index < -0.39 is 0 Å². The molecule has 0 bridgehead atoms. The molecule has 1 heterocycles. The summed E-state index contributed by atoms with van der Waals surface area (Å²) in [7, 11) is 0. The number of oxime groups is 1. The zero-order valence-electron chi connectivity index (χ0n) is 8.06. The quantitative estimate of drug-likeness (QED) is 0.195. The zero-order valence-corrected chi connectivity index (χ0v) is 8.88. The van der Waals surface area contributed by atoms with Crippen LogP contribution in [-0.2, 0) is 0 Å². The highest BCUT2D eigenvalue weighted by Gasteiger charge is 2.05. The van der Waals surface area contributed by atoms with E-state index in [1.807, 2.05) is 6.92 Å². The summed E-state index contributed by atoms with van der Waals surface area (Å²) in [5, 5.41) is 12.2. The summed E-state index contributed by atoms with van der Waals surface area (Å²) in [6.07, 6.45) is 0. The summed E-state index contributed by atoms with van der Waals surface area (Å²) in [6, 6.07) is 1.70. The lowest BCUT2D eigenvalue weighted by molar-refractivity contribution is 0.318. The Morgan fingerprint density at radius 1 is 1.64 bits per heavy atom. The largest absolute Gasteiger partial charge is 0.409 e. The topological polar surface area (TPSA) is 84.4 Å². The van der Waals surface area contributed by atoms with Gasteiger partial charge in [-0.15, -0.1) is 11.8 Å². The van der Waals surface area contributed by atoms with Gasteiger partial charge >= 0.3 is 0 Å². The van der Waals surface area contributed by atoms with Crippen molar-refractivity contribution in [3.63, 3.8) is 0 Å². The lowest BCUT2D eigenvalue weighted by Gasteiger charge is -2.02. The number of thioether (sulfide) groups is 1. The van der Waals surface area contributed by atoms with E-state index in [0.29, 0.717) is 11.5 Å². The van der Waals surface area contributed by atoms with Gasteiger partial charge in [0, 0.05) is 6.07 Å². The predicted molar refractivity (Wildman–Crippen MR) is 55.7 cm³/mol. The first-order valence-electron chi connectivity index (χ1n) is 4.13. The number of hydrogen-bond donors (Lipinski definition) is 2. The van der Waals surface area contributed by atoms with Crippen LogP contribution in [-0.4, -0.2) is 26.8 Å². The lowest BCUT2D eigenvalue weighted by atomic mass is 10.4. The van der Waals surface area contributed by atoms with Gasteiger partial charge in [-0.3, -0.25) is 0 Å². The monoisotopic (exact) mass is 212 g/mol. The normalized spacial score (nSPS) is 11.7. The highest BCUT2D eigenvalue weighted by Crippen LogP contribution is 2.15. The Hall–Kier alpha value is -1.30. The number of rotatable bonds is 3. The van der Waals surface area contributed by atoms with Crippen LogP contribution in [0.15, 0.2) is 16.2 Å². The van der Waals surface area contributed by atoms with Gasteiger partial charge in [0.15, 0.2) is 5.84 Å². The summed E-state index contributed by atoms with van der Waals surface area (Å²) in [4.78, 5) is 8.25. The molecule has 0 aliphatic heterocycles. The van der Waals surface area contributed by atoms with Crippen molar-refractivity contribution in [1.29, 1.82) is 0 Å². The van der Waals surface area contributed by atoms with Gasteiger partial charge in [-0.2, -0.15) is 0 Å². The molecule has 0 aromatic carbocycles. The standard InChI is InChI=1S/C8H12N4OS/c1-3-14-7-4-6(8(9)12-13)10-5(2)11-7/h4,13H,3H2,1-2H3,(H2,9,12). The SMILES string of the molecule is CCSc1cc(/C(N)=N/O)nc(C)n1. The fourth-order valence-corrected chi connectivity index (χ4v) is 1.63. The molecule has 76 valence electrons. The van der Waals surface area contributed by atoms with E-state index in [0.717, 1.165) is 10.8 Å². The van der Waals surface area contributed by atoms with E-state index in [4.69, 9.17) is 10.9 Å². The molecular formula is C8H12N4OS. The summed E-state index contributed by atoms with van der Waals surface area (Å²) in [6.45, 7) is 3.80. The Morgan fingerprint density at radius 3 is 2.93 bits per heavy atom. The molecule has 0 aliphatic rings. The van der Waals surface area contributed by atoms with Crippen LogP contribution in [0.2, 0.25) is 0 Å². The van der Waals surface area contributed by atoms with Crippen LogP contribution < -0.4 is 5.73 Å². The second kappa shape index (κ2) is 4.80. The average Bonchev–Trinajstić information content (AvgIpc) is 2.16. The first kappa shape index (κ1) is 10.8. The number of aryl methyl sites for hydroxylation is 1. The minimum Gasteiger partial charge on any atom is -0.409 e. The van der Waals surface area contributed by atoms with Crippen molar-refractivity contribution in [2.75, 3.05) is 5.75 Å². The molecule has 0 amide bonds. The number of nitrogens with two attached hydrogens (primary N) is 1. The van der Waals surface area contributed by atoms with Crippen LogP contribution in [0.4, 0.5) is 0 Å². The first-order valence-corrected chi connectivity index (χ1v) is 5.12. The minimum atomic E-state index is 0.00783. The van der Waals surface area contributed by atoms with Crippen molar-refractivity contribution in [2.45, 2.75) is 18.9 Å². The third-order valence-electron chi connectivity index (χ3n) is 1.48. The molecular weight excluding hydrogens is 200 g/mol. The number of nitrogens with zero attached hydrogens (tertiary/aromatic N) is 3. The second-order valence-electron chi connectivity index (χ2n) is 2.56. The molecule has 6 heteroatoms. The Bertz CT molecular complexity index is 353. The van der Waals surface area contributed by atoms with Gasteiger partial charge in [0.25, 0.3) is 0 Å². The minimum absolute atomic E-state index is 0.00783. The van der Waals surface area contributed by atoms with Crippen molar-refractivity contribution in [1.82, 2.24) is 9.97 Å². The Labute approximate surface area is 86.4 Å². The van der Waals surface area contributed by atoms with E-state index in [1.54, 1.807) is 24.8 Å².